The molecule has 0 saturated carbocycles. The quantitative estimate of drug-likeness (QED) is 0.258. The number of carboxylic acid groups (broad SMARTS) is 1. The van der Waals surface area contributed by atoms with Gasteiger partial charge in [0, 0.05) is 31.9 Å². The Morgan fingerprint density at radius 3 is 2.80 bits per heavy atom. The topological polar surface area (TPSA) is 83.9 Å². The van der Waals surface area contributed by atoms with Crippen molar-refractivity contribution in [2.45, 2.75) is 69.6 Å². The summed E-state index contributed by atoms with van der Waals surface area (Å²) in [5.41, 5.74) is 3.04. The molecular formula is C30H40F3N3O4. The number of anilines is 1. The maximum Gasteiger partial charge on any atom is 0.325 e. The number of likely N-dealkylation sites (tertiary alicyclic amines) is 1. The second kappa shape index (κ2) is 15.3. The second-order valence-corrected chi connectivity index (χ2v) is 10.5. The number of nitrogens with one attached hydrogen (secondary N) is 1. The van der Waals surface area contributed by atoms with Gasteiger partial charge >= 0.3 is 5.97 Å². The summed E-state index contributed by atoms with van der Waals surface area (Å²) >= 11 is 0. The van der Waals surface area contributed by atoms with Gasteiger partial charge in [-0.05, 0) is 86.3 Å². The molecule has 0 radical (unpaired) electrons. The lowest BCUT2D eigenvalue weighted by molar-refractivity contribution is -0.143. The molecule has 7 nitrogen and oxygen atoms in total. The number of carboxylic acids is 1. The third-order valence-electron chi connectivity index (χ3n) is 7.59. The van der Waals surface area contributed by atoms with Gasteiger partial charge in [-0.15, -0.1) is 0 Å². The Kier molecular flexibility index (Phi) is 11.6. The molecule has 0 amide bonds. The fraction of sp³-hybridized carbons (Fsp3) is 0.600. The number of fused-ring (bicyclic) bond motifs is 1. The number of unbranched alkanes of at least 4 members (excludes halogenated alkanes) is 1. The first-order valence-corrected chi connectivity index (χ1v) is 14.3. The van der Waals surface area contributed by atoms with Gasteiger partial charge in [0.25, 0.3) is 0 Å². The lowest BCUT2D eigenvalue weighted by Gasteiger charge is -2.29. The van der Waals surface area contributed by atoms with Crippen molar-refractivity contribution >= 4 is 11.8 Å². The molecule has 2 N–H and O–H groups in total. The van der Waals surface area contributed by atoms with E-state index in [1.165, 1.54) is 23.8 Å². The van der Waals surface area contributed by atoms with Gasteiger partial charge in [-0.3, -0.25) is 14.1 Å². The smallest absolute Gasteiger partial charge is 0.325 e. The number of rotatable bonds is 16. The molecule has 1 unspecified atom stereocenters. The molecule has 1 fully saturated rings. The van der Waals surface area contributed by atoms with Crippen LogP contribution in [0.1, 0.15) is 73.1 Å². The minimum Gasteiger partial charge on any atom is -0.480 e. The number of halogens is 3. The number of aliphatic carboxylic acids is 1. The molecule has 10 heteroatoms. The predicted molar refractivity (Wildman–Crippen MR) is 147 cm³/mol. The fourth-order valence-electron chi connectivity index (χ4n) is 5.63. The average Bonchev–Trinajstić information content (AvgIpc) is 3.41. The zero-order chi connectivity index (χ0) is 28.3. The Labute approximate surface area is 234 Å². The molecule has 1 aromatic carbocycles. The minimum atomic E-state index is -1.12. The van der Waals surface area contributed by atoms with Gasteiger partial charge in [0.1, 0.15) is 24.4 Å². The van der Waals surface area contributed by atoms with E-state index in [1.54, 1.807) is 4.90 Å². The number of alkyl halides is 2. The van der Waals surface area contributed by atoms with Gasteiger partial charge in [0.2, 0.25) is 0 Å². The van der Waals surface area contributed by atoms with E-state index in [1.807, 2.05) is 0 Å². The van der Waals surface area contributed by atoms with E-state index in [0.717, 1.165) is 50.2 Å². The number of hydrogen-bond donors (Lipinski definition) is 2. The highest BCUT2D eigenvalue weighted by Gasteiger charge is 2.36. The van der Waals surface area contributed by atoms with Crippen LogP contribution in [0.5, 0.6) is 0 Å². The zero-order valence-corrected chi connectivity index (χ0v) is 22.9. The van der Waals surface area contributed by atoms with E-state index in [0.29, 0.717) is 31.7 Å². The molecule has 40 heavy (non-hydrogen) atoms. The Bertz CT molecular complexity index is 1100. The predicted octanol–water partition coefficient (Wildman–Crippen LogP) is 5.60. The largest absolute Gasteiger partial charge is 0.480 e. The molecule has 2 aromatic rings. The van der Waals surface area contributed by atoms with Gasteiger partial charge in [-0.25, -0.2) is 13.8 Å². The highest BCUT2D eigenvalue weighted by atomic mass is 19.1. The van der Waals surface area contributed by atoms with Crippen molar-refractivity contribution in [3.05, 3.63) is 58.5 Å². The van der Waals surface area contributed by atoms with Crippen LogP contribution in [-0.4, -0.2) is 73.3 Å². The normalized spacial score (nSPS) is 18.7. The van der Waals surface area contributed by atoms with Crippen molar-refractivity contribution in [3.63, 3.8) is 0 Å². The summed E-state index contributed by atoms with van der Waals surface area (Å²) in [6.45, 7) is 0.885. The first kappa shape index (κ1) is 30.3. The van der Waals surface area contributed by atoms with E-state index in [4.69, 9.17) is 14.5 Å². The van der Waals surface area contributed by atoms with E-state index in [2.05, 4.69) is 17.4 Å². The number of pyridine rings is 1. The molecule has 4 rings (SSSR count). The van der Waals surface area contributed by atoms with Crippen molar-refractivity contribution in [3.8, 4) is 0 Å². The maximum atomic E-state index is 14.3. The van der Waals surface area contributed by atoms with E-state index in [-0.39, 0.29) is 31.1 Å². The summed E-state index contributed by atoms with van der Waals surface area (Å²) < 4.78 is 51.8. The summed E-state index contributed by atoms with van der Waals surface area (Å²) in [7, 11) is 0. The van der Waals surface area contributed by atoms with Crippen molar-refractivity contribution in [2.24, 2.45) is 0 Å². The second-order valence-electron chi connectivity index (χ2n) is 10.5. The molecule has 1 aromatic heterocycles. The highest BCUT2D eigenvalue weighted by molar-refractivity contribution is 5.76. The molecule has 0 aliphatic carbocycles. The van der Waals surface area contributed by atoms with Crippen LogP contribution in [0.15, 0.2) is 30.3 Å². The molecule has 2 aliphatic heterocycles. The number of ether oxygens (including phenoxy) is 2. The summed E-state index contributed by atoms with van der Waals surface area (Å²) in [5.74, 6) is -0.687. The highest BCUT2D eigenvalue weighted by Crippen LogP contribution is 2.35. The fourth-order valence-corrected chi connectivity index (χ4v) is 5.63. The van der Waals surface area contributed by atoms with Gasteiger partial charge in [0.15, 0.2) is 0 Å². The van der Waals surface area contributed by atoms with Crippen LogP contribution < -0.4 is 5.32 Å². The van der Waals surface area contributed by atoms with Crippen LogP contribution in [0.2, 0.25) is 0 Å². The molecule has 1 saturated heterocycles. The standard InChI is InChI=1S/C30H40F3N3O4/c31-13-3-7-27(40-18-14-32)25-11-9-22(33)19-26(25)28(30(37)38)36-16-12-24(20-36)39-17-2-1-6-23-10-8-21-5-4-15-34-29(21)35-23/h8-11,19,24,27-28H,1-7,12-18,20H2,(H,34,35)(H,37,38)/t24-,27?,28+/m1/s1. The van der Waals surface area contributed by atoms with E-state index >= 15 is 0 Å². The lowest BCUT2D eigenvalue weighted by Crippen LogP contribution is -2.34. The summed E-state index contributed by atoms with van der Waals surface area (Å²) in [6.07, 6.45) is 5.09. The molecule has 3 heterocycles. The van der Waals surface area contributed by atoms with Crippen molar-refractivity contribution in [2.75, 3.05) is 51.5 Å². The minimum absolute atomic E-state index is 0.130. The van der Waals surface area contributed by atoms with E-state index < -0.39 is 37.3 Å². The summed E-state index contributed by atoms with van der Waals surface area (Å²) in [6, 6.07) is 7.04. The van der Waals surface area contributed by atoms with Crippen LogP contribution >= 0.6 is 0 Å². The lowest BCUT2D eigenvalue weighted by atomic mass is 9.93. The van der Waals surface area contributed by atoms with Crippen molar-refractivity contribution in [1.29, 1.82) is 0 Å². The van der Waals surface area contributed by atoms with Crippen LogP contribution in [0.3, 0.4) is 0 Å². The number of nitrogens with zero attached hydrogens (tertiary/aromatic N) is 2. The van der Waals surface area contributed by atoms with Gasteiger partial charge in [-0.1, -0.05) is 12.1 Å². The van der Waals surface area contributed by atoms with Crippen molar-refractivity contribution < 1.29 is 32.5 Å². The Hall–Kier alpha value is -2.69. The third kappa shape index (κ3) is 8.17. The van der Waals surface area contributed by atoms with Gasteiger partial charge in [-0.2, -0.15) is 0 Å². The first-order valence-electron chi connectivity index (χ1n) is 14.3. The summed E-state index contributed by atoms with van der Waals surface area (Å²) in [4.78, 5) is 19.0. The molecule has 3 atom stereocenters. The average molecular weight is 564 g/mol. The van der Waals surface area contributed by atoms with Gasteiger partial charge in [0.05, 0.1) is 25.5 Å². The Morgan fingerprint density at radius 2 is 2.00 bits per heavy atom. The van der Waals surface area contributed by atoms with Crippen LogP contribution in [0, 0.1) is 5.82 Å². The Morgan fingerprint density at radius 1 is 1.12 bits per heavy atom. The zero-order valence-electron chi connectivity index (χ0n) is 22.9. The number of aromatic nitrogens is 1. The number of aryl methyl sites for hydroxylation is 2. The number of carbonyl (C=O) groups is 1. The summed E-state index contributed by atoms with van der Waals surface area (Å²) in [5, 5.41) is 13.5. The maximum absolute atomic E-state index is 14.3. The third-order valence-corrected chi connectivity index (χ3v) is 7.59. The SMILES string of the molecule is O=C(O)[C@H](c1cc(F)ccc1C(CCCF)OCCF)N1CC[C@@H](OCCCCc2ccc3c(n2)NCCC3)C1. The van der Waals surface area contributed by atoms with Gasteiger partial charge < -0.3 is 19.9 Å². The molecular weight excluding hydrogens is 523 g/mol. The van der Waals surface area contributed by atoms with E-state index in [9.17, 15) is 23.1 Å². The number of benzene rings is 1. The molecule has 0 spiro atoms. The van der Waals surface area contributed by atoms with Crippen LogP contribution in [0.4, 0.5) is 19.0 Å². The number of hydrogen-bond acceptors (Lipinski definition) is 6. The first-order chi connectivity index (χ1) is 19.5. The molecule has 2 aliphatic rings. The van der Waals surface area contributed by atoms with Crippen LogP contribution in [-0.2, 0) is 27.1 Å². The molecule has 220 valence electrons. The van der Waals surface area contributed by atoms with Crippen molar-refractivity contribution in [1.82, 2.24) is 9.88 Å². The molecule has 0 bridgehead atoms. The monoisotopic (exact) mass is 563 g/mol. The van der Waals surface area contributed by atoms with Crippen LogP contribution in [0.25, 0.3) is 0 Å². The Balaban J connectivity index is 1.32.